The van der Waals surface area contributed by atoms with Crippen LogP contribution in [0.15, 0.2) is 0 Å². The number of hydrogen-bond acceptors (Lipinski definition) is 7. The molecule has 20 heavy (non-hydrogen) atoms. The molecule has 0 aromatic rings. The molecule has 2 N–H and O–H groups in total. The van der Waals surface area contributed by atoms with E-state index >= 15 is 0 Å². The average molecular weight is 331 g/mol. The van der Waals surface area contributed by atoms with E-state index < -0.39 is 18.7 Å². The molecule has 0 aliphatic carbocycles. The summed E-state index contributed by atoms with van der Waals surface area (Å²) in [6.07, 6.45) is 0. The van der Waals surface area contributed by atoms with Gasteiger partial charge in [0.25, 0.3) is 0 Å². The van der Waals surface area contributed by atoms with Crippen LogP contribution < -0.4 is 0 Å². The van der Waals surface area contributed by atoms with Gasteiger partial charge in [0.05, 0.1) is 13.2 Å². The molecular weight excluding hydrogens is 309 g/mol. The molecule has 0 saturated carbocycles. The van der Waals surface area contributed by atoms with E-state index in [1.165, 1.54) is 11.4 Å². The van der Waals surface area contributed by atoms with E-state index in [9.17, 15) is 4.57 Å². The number of carbonyl (C=O) groups is 2. The van der Waals surface area contributed by atoms with Crippen molar-refractivity contribution in [1.82, 2.24) is 4.90 Å². The van der Waals surface area contributed by atoms with Gasteiger partial charge in [0.2, 0.25) is 0 Å². The van der Waals surface area contributed by atoms with Gasteiger partial charge in [0, 0.05) is 12.3 Å². The van der Waals surface area contributed by atoms with Gasteiger partial charge >= 0.3 is 18.7 Å². The number of carboxylic acids is 2. The maximum atomic E-state index is 11.9. The summed E-state index contributed by atoms with van der Waals surface area (Å²) >= 11 is 1.27. The van der Waals surface area contributed by atoms with E-state index in [0.29, 0.717) is 13.2 Å². The highest BCUT2D eigenvalue weighted by molar-refractivity contribution is 8.55. The van der Waals surface area contributed by atoms with Gasteiger partial charge in [-0.05, 0) is 39.3 Å². The van der Waals surface area contributed by atoms with Crippen LogP contribution in [0.5, 0.6) is 0 Å². The summed E-state index contributed by atoms with van der Waals surface area (Å²) in [5.41, 5.74) is 0. The Labute approximate surface area is 122 Å². The molecule has 0 unspecified atom stereocenters. The first-order chi connectivity index (χ1) is 9.18. The molecule has 0 aliphatic rings. The van der Waals surface area contributed by atoms with Crippen LogP contribution in [0.1, 0.15) is 13.8 Å². The molecular formula is C10H22NO7PS. The standard InChI is InChI=1S/C8H20NO3PS.C2H2O4/c1-5-11-13(10,12-6-2)14-8-7-9(3)4;3-1(4)2(5)6/h5-8H2,1-4H3;(H,3,4)(H,5,6). The molecule has 0 heterocycles. The quantitative estimate of drug-likeness (QED) is 0.506. The molecule has 0 radical (unpaired) electrons. The molecule has 0 aromatic heterocycles. The summed E-state index contributed by atoms with van der Waals surface area (Å²) in [6, 6.07) is 0. The van der Waals surface area contributed by atoms with Crippen LogP contribution in [0.25, 0.3) is 0 Å². The van der Waals surface area contributed by atoms with Crippen molar-refractivity contribution in [2.75, 3.05) is 39.6 Å². The Hall–Kier alpha value is -0.600. The highest BCUT2D eigenvalue weighted by atomic mass is 32.7. The first kappa shape index (κ1) is 21.7. The lowest BCUT2D eigenvalue weighted by molar-refractivity contribution is -0.159. The van der Waals surface area contributed by atoms with Crippen molar-refractivity contribution in [1.29, 1.82) is 0 Å². The fraction of sp³-hybridized carbons (Fsp3) is 0.800. The molecule has 0 fully saturated rings. The van der Waals surface area contributed by atoms with Crippen molar-refractivity contribution < 1.29 is 33.4 Å². The number of aliphatic carboxylic acids is 2. The van der Waals surface area contributed by atoms with Crippen molar-refractivity contribution in [2.24, 2.45) is 0 Å². The van der Waals surface area contributed by atoms with Crippen LogP contribution >= 0.6 is 18.2 Å². The predicted molar refractivity (Wildman–Crippen MR) is 77.1 cm³/mol. The molecule has 0 spiro atoms. The van der Waals surface area contributed by atoms with Gasteiger partial charge in [0.1, 0.15) is 0 Å². The van der Waals surface area contributed by atoms with E-state index in [2.05, 4.69) is 0 Å². The summed E-state index contributed by atoms with van der Waals surface area (Å²) in [4.78, 5) is 20.2. The Morgan fingerprint density at radius 1 is 1.10 bits per heavy atom. The zero-order valence-electron chi connectivity index (χ0n) is 12.1. The van der Waals surface area contributed by atoms with E-state index in [-0.39, 0.29) is 0 Å². The van der Waals surface area contributed by atoms with Gasteiger partial charge < -0.3 is 24.2 Å². The Morgan fingerprint density at radius 2 is 1.50 bits per heavy atom. The molecule has 0 saturated heterocycles. The monoisotopic (exact) mass is 331 g/mol. The molecule has 10 heteroatoms. The number of rotatable bonds is 8. The smallest absolute Gasteiger partial charge is 0.414 e. The van der Waals surface area contributed by atoms with Crippen molar-refractivity contribution in [3.05, 3.63) is 0 Å². The normalized spacial score (nSPS) is 10.8. The number of nitrogens with zero attached hydrogens (tertiary/aromatic N) is 1. The van der Waals surface area contributed by atoms with E-state index in [1.807, 2.05) is 32.8 Å². The number of carboxylic acid groups (broad SMARTS) is 2. The van der Waals surface area contributed by atoms with Gasteiger partial charge in [-0.2, -0.15) is 0 Å². The third-order valence-electron chi connectivity index (χ3n) is 1.55. The lowest BCUT2D eigenvalue weighted by Gasteiger charge is -2.16. The summed E-state index contributed by atoms with van der Waals surface area (Å²) in [5.74, 6) is -2.89. The maximum Gasteiger partial charge on any atom is 0.414 e. The van der Waals surface area contributed by atoms with E-state index in [4.69, 9.17) is 28.8 Å². The van der Waals surface area contributed by atoms with Gasteiger partial charge in [-0.25, -0.2) is 14.2 Å². The molecule has 0 atom stereocenters. The fourth-order valence-electron chi connectivity index (χ4n) is 0.763. The van der Waals surface area contributed by atoms with Gasteiger partial charge in [0.15, 0.2) is 0 Å². The predicted octanol–water partition coefficient (Wildman–Crippen LogP) is 1.62. The second kappa shape index (κ2) is 12.2. The summed E-state index contributed by atoms with van der Waals surface area (Å²) < 4.78 is 22.2. The Balaban J connectivity index is 0. The third-order valence-corrected chi connectivity index (χ3v) is 5.50. The van der Waals surface area contributed by atoms with Crippen LogP contribution in [-0.2, 0) is 23.2 Å². The van der Waals surface area contributed by atoms with Crippen LogP contribution in [0.4, 0.5) is 0 Å². The third kappa shape index (κ3) is 13.8. The van der Waals surface area contributed by atoms with Crippen LogP contribution in [-0.4, -0.2) is 66.7 Å². The minimum Gasteiger partial charge on any atom is -0.473 e. The van der Waals surface area contributed by atoms with Gasteiger partial charge in [-0.15, -0.1) is 0 Å². The first-order valence-corrected chi connectivity index (χ1v) is 8.96. The lowest BCUT2D eigenvalue weighted by atomic mass is 10.7. The van der Waals surface area contributed by atoms with Crippen LogP contribution in [0, 0.1) is 0 Å². The van der Waals surface area contributed by atoms with Crippen LogP contribution in [0.3, 0.4) is 0 Å². The molecule has 8 nitrogen and oxygen atoms in total. The van der Waals surface area contributed by atoms with E-state index in [0.717, 1.165) is 12.3 Å². The summed E-state index contributed by atoms with van der Waals surface area (Å²) in [7, 11) is 3.96. The minimum absolute atomic E-state index is 0.423. The first-order valence-electron chi connectivity index (χ1n) is 5.83. The Kier molecular flexibility index (Phi) is 13.2. The summed E-state index contributed by atoms with van der Waals surface area (Å²) in [5, 5.41) is 14.8. The fourth-order valence-corrected chi connectivity index (χ4v) is 4.29. The van der Waals surface area contributed by atoms with Crippen molar-refractivity contribution in [3.63, 3.8) is 0 Å². The SMILES string of the molecule is CCOP(=O)(OCC)SCCN(C)C.O=C(O)C(=O)O. The molecule has 0 aromatic carbocycles. The zero-order chi connectivity index (χ0) is 16.2. The van der Waals surface area contributed by atoms with Crippen molar-refractivity contribution in [2.45, 2.75) is 13.8 Å². The topological polar surface area (TPSA) is 113 Å². The van der Waals surface area contributed by atoms with Gasteiger partial charge in [-0.3, -0.25) is 0 Å². The number of hydrogen-bond donors (Lipinski definition) is 2. The van der Waals surface area contributed by atoms with Gasteiger partial charge in [-0.1, -0.05) is 0 Å². The van der Waals surface area contributed by atoms with Crippen LogP contribution in [0.2, 0.25) is 0 Å². The second-order valence-electron chi connectivity index (χ2n) is 3.53. The van der Waals surface area contributed by atoms with Crippen molar-refractivity contribution in [3.8, 4) is 0 Å². The largest absolute Gasteiger partial charge is 0.473 e. The lowest BCUT2D eigenvalue weighted by Crippen LogP contribution is -2.14. The molecule has 0 amide bonds. The minimum atomic E-state index is -2.89. The molecule has 120 valence electrons. The maximum absolute atomic E-state index is 11.9. The highest BCUT2D eigenvalue weighted by Gasteiger charge is 2.23. The highest BCUT2D eigenvalue weighted by Crippen LogP contribution is 2.60. The van der Waals surface area contributed by atoms with Crippen molar-refractivity contribution >= 4 is 30.1 Å². The molecule has 0 aliphatic heterocycles. The Bertz CT molecular complexity index is 316. The molecule has 0 bridgehead atoms. The second-order valence-corrected chi connectivity index (χ2v) is 7.72. The summed E-state index contributed by atoms with van der Waals surface area (Å²) in [6.45, 7) is 2.47. The Morgan fingerprint density at radius 3 is 1.75 bits per heavy atom. The van der Waals surface area contributed by atoms with E-state index in [1.54, 1.807) is 0 Å². The zero-order valence-corrected chi connectivity index (χ0v) is 13.8. The molecule has 0 rings (SSSR count). The average Bonchev–Trinajstić information content (AvgIpc) is 2.29.